The fourth-order valence-electron chi connectivity index (χ4n) is 3.56. The van der Waals surface area contributed by atoms with Gasteiger partial charge in [-0.05, 0) is 36.8 Å². The van der Waals surface area contributed by atoms with E-state index in [-0.39, 0.29) is 4.90 Å². The number of rotatable bonds is 2. The average molecular weight is 364 g/mol. The second-order valence-corrected chi connectivity index (χ2v) is 8.30. The van der Waals surface area contributed by atoms with Crippen LogP contribution in [0.3, 0.4) is 0 Å². The number of aromatic nitrogens is 3. The van der Waals surface area contributed by atoms with Crippen LogP contribution in [-0.4, -0.2) is 29.5 Å². The summed E-state index contributed by atoms with van der Waals surface area (Å²) < 4.78 is 30.2. The Balaban J connectivity index is 1.71. The number of benzene rings is 2. The zero-order chi connectivity index (χ0) is 17.9. The van der Waals surface area contributed by atoms with E-state index in [4.69, 9.17) is 0 Å². The van der Waals surface area contributed by atoms with Crippen LogP contribution in [-0.2, 0) is 16.6 Å². The first-order valence-electron chi connectivity index (χ1n) is 8.39. The number of para-hydroxylation sites is 3. The van der Waals surface area contributed by atoms with Gasteiger partial charge in [-0.2, -0.15) is 0 Å². The highest BCUT2D eigenvalue weighted by atomic mass is 32.2. The molecule has 0 N–H and O–H groups in total. The lowest BCUT2D eigenvalue weighted by atomic mass is 10.2. The van der Waals surface area contributed by atoms with Crippen molar-refractivity contribution < 1.29 is 8.42 Å². The van der Waals surface area contributed by atoms with Gasteiger partial charge in [0.15, 0.2) is 0 Å². The maximum absolute atomic E-state index is 13.4. The highest BCUT2D eigenvalue weighted by molar-refractivity contribution is 7.93. The first-order chi connectivity index (χ1) is 12.6. The minimum absolute atomic E-state index is 0.218. The zero-order valence-corrected chi connectivity index (χ0v) is 14.9. The molecular weight excluding hydrogens is 348 g/mol. The Hall–Kier alpha value is -2.93. The van der Waals surface area contributed by atoms with Crippen molar-refractivity contribution in [3.63, 3.8) is 0 Å². The fraction of sp³-hybridized carbons (Fsp3) is 0.158. The molecule has 5 rings (SSSR count). The Labute approximate surface area is 150 Å². The SMILES string of the molecule is Cc1cnc2c(S(=O)(=O)N3CCn4c3nc3ccccc34)cccc2c1. The summed E-state index contributed by atoms with van der Waals surface area (Å²) in [7, 11) is -3.75. The Kier molecular flexibility index (Phi) is 3.12. The van der Waals surface area contributed by atoms with Crippen molar-refractivity contribution >= 4 is 37.9 Å². The minimum atomic E-state index is -3.75. The molecule has 0 fully saturated rings. The van der Waals surface area contributed by atoms with Crippen molar-refractivity contribution in [1.29, 1.82) is 0 Å². The molecule has 130 valence electrons. The number of nitrogens with zero attached hydrogens (tertiary/aromatic N) is 4. The Morgan fingerprint density at radius 3 is 2.77 bits per heavy atom. The van der Waals surface area contributed by atoms with E-state index in [9.17, 15) is 8.42 Å². The molecule has 0 aliphatic carbocycles. The zero-order valence-electron chi connectivity index (χ0n) is 14.1. The van der Waals surface area contributed by atoms with Crippen LogP contribution in [0.25, 0.3) is 21.9 Å². The monoisotopic (exact) mass is 364 g/mol. The molecule has 7 heteroatoms. The summed E-state index contributed by atoms with van der Waals surface area (Å²) in [5, 5.41) is 0.818. The van der Waals surface area contributed by atoms with E-state index in [0.29, 0.717) is 24.6 Å². The number of imidazole rings is 1. The molecule has 1 aliphatic rings. The van der Waals surface area contributed by atoms with Crippen LogP contribution in [0.4, 0.5) is 5.95 Å². The third kappa shape index (κ3) is 2.07. The molecule has 0 saturated carbocycles. The summed E-state index contributed by atoms with van der Waals surface area (Å²) in [6.45, 7) is 2.90. The first kappa shape index (κ1) is 15.3. The third-order valence-electron chi connectivity index (χ3n) is 4.76. The van der Waals surface area contributed by atoms with Gasteiger partial charge in [-0.1, -0.05) is 24.3 Å². The topological polar surface area (TPSA) is 68.1 Å². The number of hydrogen-bond donors (Lipinski definition) is 0. The van der Waals surface area contributed by atoms with Crippen LogP contribution in [0.1, 0.15) is 5.56 Å². The number of fused-ring (bicyclic) bond motifs is 4. The third-order valence-corrected chi connectivity index (χ3v) is 6.57. The normalized spacial score (nSPS) is 14.3. The second kappa shape index (κ2) is 5.28. The van der Waals surface area contributed by atoms with Gasteiger partial charge >= 0.3 is 0 Å². The maximum atomic E-state index is 13.4. The Bertz CT molecular complexity index is 1280. The predicted octanol–water partition coefficient (Wildman–Crippen LogP) is 3.10. The van der Waals surface area contributed by atoms with E-state index >= 15 is 0 Å². The van der Waals surface area contributed by atoms with Crippen molar-refractivity contribution in [2.24, 2.45) is 0 Å². The van der Waals surface area contributed by atoms with Gasteiger partial charge in [0.05, 0.1) is 23.1 Å². The maximum Gasteiger partial charge on any atom is 0.268 e. The first-order valence-corrected chi connectivity index (χ1v) is 9.83. The average Bonchev–Trinajstić information content (AvgIpc) is 3.20. The van der Waals surface area contributed by atoms with E-state index in [1.54, 1.807) is 18.3 Å². The molecule has 0 atom stereocenters. The van der Waals surface area contributed by atoms with Crippen molar-refractivity contribution in [3.05, 3.63) is 60.3 Å². The molecule has 0 amide bonds. The summed E-state index contributed by atoms with van der Waals surface area (Å²) in [6.07, 6.45) is 1.70. The number of sulfonamides is 1. The lowest BCUT2D eigenvalue weighted by Gasteiger charge is -2.17. The Morgan fingerprint density at radius 2 is 1.88 bits per heavy atom. The molecule has 0 spiro atoms. The highest BCUT2D eigenvalue weighted by Crippen LogP contribution is 2.33. The molecule has 1 aliphatic heterocycles. The fourth-order valence-corrected chi connectivity index (χ4v) is 5.14. The summed E-state index contributed by atoms with van der Waals surface area (Å²) in [5.74, 6) is 0.468. The molecule has 26 heavy (non-hydrogen) atoms. The lowest BCUT2D eigenvalue weighted by Crippen LogP contribution is -2.29. The largest absolute Gasteiger partial charge is 0.307 e. The van der Waals surface area contributed by atoms with Crippen LogP contribution in [0.15, 0.2) is 59.6 Å². The van der Waals surface area contributed by atoms with E-state index in [1.165, 1.54) is 4.31 Å². The molecular formula is C19H16N4O2S. The van der Waals surface area contributed by atoms with Crippen LogP contribution in [0.2, 0.25) is 0 Å². The standard InChI is InChI=1S/C19H16N4O2S/c1-13-11-14-5-4-8-17(18(14)20-12-13)26(24,25)23-10-9-22-16-7-3-2-6-15(16)21-19(22)23/h2-8,11-12H,9-10H2,1H3. The van der Waals surface area contributed by atoms with E-state index in [0.717, 1.165) is 22.0 Å². The molecule has 2 aromatic heterocycles. The van der Waals surface area contributed by atoms with Gasteiger partial charge in [-0.3, -0.25) is 4.98 Å². The van der Waals surface area contributed by atoms with Crippen LogP contribution in [0, 0.1) is 6.92 Å². The summed E-state index contributed by atoms with van der Waals surface area (Å²) in [5.41, 5.74) is 3.24. The second-order valence-electron chi connectivity index (χ2n) is 6.47. The summed E-state index contributed by atoms with van der Waals surface area (Å²) in [4.78, 5) is 9.15. The van der Waals surface area contributed by atoms with E-state index in [2.05, 4.69) is 9.97 Å². The number of hydrogen-bond acceptors (Lipinski definition) is 4. The van der Waals surface area contributed by atoms with Gasteiger partial charge in [-0.15, -0.1) is 0 Å². The number of aryl methyl sites for hydroxylation is 1. The smallest absolute Gasteiger partial charge is 0.268 e. The Morgan fingerprint density at radius 1 is 1.04 bits per heavy atom. The van der Waals surface area contributed by atoms with E-state index < -0.39 is 10.0 Å². The van der Waals surface area contributed by atoms with Crippen LogP contribution in [0.5, 0.6) is 0 Å². The predicted molar refractivity (Wildman–Crippen MR) is 101 cm³/mol. The molecule has 6 nitrogen and oxygen atoms in total. The molecule has 0 radical (unpaired) electrons. The van der Waals surface area contributed by atoms with Crippen molar-refractivity contribution in [2.45, 2.75) is 18.4 Å². The van der Waals surface area contributed by atoms with Gasteiger partial charge in [-0.25, -0.2) is 17.7 Å². The van der Waals surface area contributed by atoms with Gasteiger partial charge < -0.3 is 4.57 Å². The number of anilines is 1. The summed E-state index contributed by atoms with van der Waals surface area (Å²) >= 11 is 0. The summed E-state index contributed by atoms with van der Waals surface area (Å²) in [6, 6.07) is 14.9. The molecule has 3 heterocycles. The molecule has 2 aromatic carbocycles. The lowest BCUT2D eigenvalue weighted by molar-refractivity contribution is 0.592. The van der Waals surface area contributed by atoms with Gasteiger partial charge in [0.2, 0.25) is 5.95 Å². The van der Waals surface area contributed by atoms with Crippen LogP contribution >= 0.6 is 0 Å². The minimum Gasteiger partial charge on any atom is -0.307 e. The van der Waals surface area contributed by atoms with Crippen molar-refractivity contribution in [3.8, 4) is 0 Å². The highest BCUT2D eigenvalue weighted by Gasteiger charge is 2.35. The van der Waals surface area contributed by atoms with Crippen molar-refractivity contribution in [2.75, 3.05) is 10.8 Å². The molecule has 0 unspecified atom stereocenters. The van der Waals surface area contributed by atoms with E-state index in [1.807, 2.05) is 47.9 Å². The molecule has 0 bridgehead atoms. The number of pyridine rings is 1. The van der Waals surface area contributed by atoms with Crippen LogP contribution < -0.4 is 4.31 Å². The van der Waals surface area contributed by atoms with Gasteiger partial charge in [0.25, 0.3) is 10.0 Å². The van der Waals surface area contributed by atoms with Gasteiger partial charge in [0, 0.05) is 18.1 Å². The quantitative estimate of drug-likeness (QED) is 0.548. The molecule has 4 aromatic rings. The molecule has 0 saturated heterocycles. The van der Waals surface area contributed by atoms with Crippen molar-refractivity contribution in [1.82, 2.24) is 14.5 Å². The van der Waals surface area contributed by atoms with Gasteiger partial charge in [0.1, 0.15) is 4.90 Å².